The number of aryl methyl sites for hydroxylation is 1. The number of rotatable bonds is 2. The van der Waals surface area contributed by atoms with Gasteiger partial charge in [0.15, 0.2) is 4.90 Å². The van der Waals surface area contributed by atoms with Gasteiger partial charge in [-0.25, -0.2) is 17.5 Å². The summed E-state index contributed by atoms with van der Waals surface area (Å²) in [7, 11) is 0.148. The van der Waals surface area contributed by atoms with Crippen LogP contribution in [0.25, 0.3) is 0 Å². The minimum atomic E-state index is -3.82. The number of aromatic nitrogens is 2. The van der Waals surface area contributed by atoms with Crippen LogP contribution in [0.5, 0.6) is 0 Å². The Bertz CT molecular complexity index is 581. The van der Waals surface area contributed by atoms with Gasteiger partial charge in [0.1, 0.15) is 0 Å². The van der Waals surface area contributed by atoms with Crippen LogP contribution in [0.1, 0.15) is 0 Å². The highest BCUT2D eigenvalue weighted by Crippen LogP contribution is 2.04. The molecule has 0 aromatic carbocycles. The molecule has 0 radical (unpaired) electrons. The van der Waals surface area contributed by atoms with Crippen molar-refractivity contribution in [3.63, 3.8) is 0 Å². The average Bonchev–Trinajstić information content (AvgIpc) is 2.10. The zero-order chi connectivity index (χ0) is 11.8. The Morgan fingerprint density at radius 2 is 1.87 bits per heavy atom. The smallest absolute Gasteiger partial charge is 0.302 e. The third kappa shape index (κ3) is 2.00. The fourth-order valence-electron chi connectivity index (χ4n) is 0.920. The van der Waals surface area contributed by atoms with Crippen LogP contribution in [-0.4, -0.2) is 36.4 Å². The van der Waals surface area contributed by atoms with Crippen LogP contribution < -0.4 is 11.2 Å². The maximum Gasteiger partial charge on any atom is 0.328 e. The topological polar surface area (TPSA) is 92.2 Å². The number of nitrogens with zero attached hydrogens (tertiary/aromatic N) is 2. The molecule has 1 heterocycles. The molecular weight excluding hydrogens is 222 g/mol. The van der Waals surface area contributed by atoms with E-state index >= 15 is 0 Å². The average molecular weight is 233 g/mol. The lowest BCUT2D eigenvalue weighted by Gasteiger charge is -2.10. The molecule has 1 rings (SSSR count). The molecule has 7 nitrogen and oxygen atoms in total. The summed E-state index contributed by atoms with van der Waals surface area (Å²) >= 11 is 0. The number of H-pyrrole nitrogens is 1. The molecule has 15 heavy (non-hydrogen) atoms. The van der Waals surface area contributed by atoms with E-state index in [0.717, 1.165) is 15.1 Å². The van der Waals surface area contributed by atoms with Crippen molar-refractivity contribution in [2.45, 2.75) is 4.90 Å². The molecule has 84 valence electrons. The van der Waals surface area contributed by atoms with E-state index < -0.39 is 26.2 Å². The molecule has 0 aliphatic rings. The second-order valence-corrected chi connectivity index (χ2v) is 5.27. The van der Waals surface area contributed by atoms with Gasteiger partial charge in [-0.1, -0.05) is 0 Å². The van der Waals surface area contributed by atoms with Gasteiger partial charge in [-0.3, -0.25) is 9.78 Å². The predicted molar refractivity (Wildman–Crippen MR) is 53.2 cm³/mol. The highest BCUT2D eigenvalue weighted by molar-refractivity contribution is 7.89. The van der Waals surface area contributed by atoms with Crippen molar-refractivity contribution in [1.82, 2.24) is 13.9 Å². The number of nitrogens with one attached hydrogen (secondary N) is 1. The van der Waals surface area contributed by atoms with Crippen LogP contribution in [0.3, 0.4) is 0 Å². The molecule has 1 aromatic heterocycles. The van der Waals surface area contributed by atoms with E-state index in [-0.39, 0.29) is 0 Å². The largest absolute Gasteiger partial charge is 0.328 e. The van der Waals surface area contributed by atoms with E-state index in [1.165, 1.54) is 21.1 Å². The highest BCUT2D eigenvalue weighted by Gasteiger charge is 2.21. The van der Waals surface area contributed by atoms with Crippen molar-refractivity contribution in [2.24, 2.45) is 7.05 Å². The van der Waals surface area contributed by atoms with Crippen LogP contribution in [-0.2, 0) is 17.1 Å². The zero-order valence-corrected chi connectivity index (χ0v) is 9.33. The Labute approximate surface area is 86.0 Å². The van der Waals surface area contributed by atoms with Gasteiger partial charge >= 0.3 is 5.69 Å². The Morgan fingerprint density at radius 1 is 1.33 bits per heavy atom. The standard InChI is InChI=1S/C7H11N3O4S/c1-9(2)15(13,14)5-4-10(3)7(12)8-6(5)11/h4H,1-3H3,(H,8,11,12). The van der Waals surface area contributed by atoms with Gasteiger partial charge in [0.2, 0.25) is 10.0 Å². The normalized spacial score (nSPS) is 12.0. The lowest BCUT2D eigenvalue weighted by atomic mass is 10.6. The molecule has 1 N–H and O–H groups in total. The number of hydrogen-bond acceptors (Lipinski definition) is 4. The van der Waals surface area contributed by atoms with Gasteiger partial charge in [-0.15, -0.1) is 0 Å². The molecule has 0 aliphatic heterocycles. The van der Waals surface area contributed by atoms with Crippen LogP contribution in [0.2, 0.25) is 0 Å². The first kappa shape index (κ1) is 11.7. The van der Waals surface area contributed by atoms with Gasteiger partial charge in [0.05, 0.1) is 0 Å². The molecule has 0 fully saturated rings. The molecule has 0 atom stereocenters. The van der Waals surface area contributed by atoms with Gasteiger partial charge in [-0.05, 0) is 0 Å². The molecule has 0 saturated heterocycles. The number of aromatic amines is 1. The number of sulfonamides is 1. The minimum Gasteiger partial charge on any atom is -0.302 e. The van der Waals surface area contributed by atoms with E-state index in [1.54, 1.807) is 0 Å². The summed E-state index contributed by atoms with van der Waals surface area (Å²) in [6.07, 6.45) is 0.997. The second kappa shape index (κ2) is 3.63. The Hall–Kier alpha value is -1.41. The molecule has 0 aliphatic carbocycles. The first-order valence-corrected chi connectivity index (χ1v) is 5.43. The van der Waals surface area contributed by atoms with Crippen molar-refractivity contribution >= 4 is 10.0 Å². The fraction of sp³-hybridized carbons (Fsp3) is 0.429. The van der Waals surface area contributed by atoms with Crippen molar-refractivity contribution in [2.75, 3.05) is 14.1 Å². The van der Waals surface area contributed by atoms with E-state index in [0.29, 0.717) is 0 Å². The molecule has 8 heteroatoms. The summed E-state index contributed by atoms with van der Waals surface area (Å²) < 4.78 is 25.1. The summed E-state index contributed by atoms with van der Waals surface area (Å²) in [6, 6.07) is 0. The summed E-state index contributed by atoms with van der Waals surface area (Å²) in [4.78, 5) is 23.7. The van der Waals surface area contributed by atoms with Crippen molar-refractivity contribution in [3.8, 4) is 0 Å². The molecular formula is C7H11N3O4S. The molecule has 0 amide bonds. The molecule has 0 unspecified atom stereocenters. The lowest BCUT2D eigenvalue weighted by Crippen LogP contribution is -2.35. The van der Waals surface area contributed by atoms with Gasteiger partial charge in [0, 0.05) is 27.3 Å². The summed E-state index contributed by atoms with van der Waals surface area (Å²) in [5, 5.41) is 0. The Kier molecular flexibility index (Phi) is 2.82. The van der Waals surface area contributed by atoms with Crippen molar-refractivity contribution in [3.05, 3.63) is 27.0 Å². The molecule has 1 aromatic rings. The summed E-state index contributed by atoms with van der Waals surface area (Å²) in [6.45, 7) is 0. The first-order valence-electron chi connectivity index (χ1n) is 3.99. The fourth-order valence-corrected chi connectivity index (χ4v) is 1.89. The van der Waals surface area contributed by atoms with Crippen LogP contribution in [0.15, 0.2) is 20.7 Å². The lowest BCUT2D eigenvalue weighted by molar-refractivity contribution is 0.517. The SMILES string of the molecule is CN(C)S(=O)(=O)c1cn(C)c(=O)[nH]c1=O. The van der Waals surface area contributed by atoms with E-state index in [9.17, 15) is 18.0 Å². The quantitative estimate of drug-likeness (QED) is 0.660. The number of hydrogen-bond donors (Lipinski definition) is 1. The van der Waals surface area contributed by atoms with Crippen molar-refractivity contribution in [1.29, 1.82) is 0 Å². The minimum absolute atomic E-state index is 0.449. The zero-order valence-electron chi connectivity index (χ0n) is 8.51. The van der Waals surface area contributed by atoms with E-state index in [1.807, 2.05) is 4.98 Å². The van der Waals surface area contributed by atoms with E-state index in [4.69, 9.17) is 0 Å². The van der Waals surface area contributed by atoms with Gasteiger partial charge in [-0.2, -0.15) is 0 Å². The van der Waals surface area contributed by atoms with Crippen LogP contribution >= 0.6 is 0 Å². The molecule has 0 bridgehead atoms. The van der Waals surface area contributed by atoms with Gasteiger partial charge < -0.3 is 4.57 Å². The Balaban J connectivity index is 3.61. The summed E-state index contributed by atoms with van der Waals surface area (Å²) in [5.41, 5.74) is -1.57. The maximum atomic E-state index is 11.6. The van der Waals surface area contributed by atoms with Crippen LogP contribution in [0, 0.1) is 0 Å². The predicted octanol–water partition coefficient (Wildman–Crippen LogP) is -1.68. The molecule has 0 spiro atoms. The van der Waals surface area contributed by atoms with E-state index in [2.05, 4.69) is 0 Å². The second-order valence-electron chi connectivity index (χ2n) is 3.15. The Morgan fingerprint density at radius 3 is 2.33 bits per heavy atom. The third-order valence-corrected chi connectivity index (χ3v) is 3.64. The maximum absolute atomic E-state index is 11.6. The van der Waals surface area contributed by atoms with Gasteiger partial charge in [0.25, 0.3) is 5.56 Å². The van der Waals surface area contributed by atoms with Crippen LogP contribution in [0.4, 0.5) is 0 Å². The summed E-state index contributed by atoms with van der Waals surface area (Å²) in [5.74, 6) is 0. The monoisotopic (exact) mass is 233 g/mol. The molecule has 0 saturated carbocycles. The van der Waals surface area contributed by atoms with Crippen molar-refractivity contribution < 1.29 is 8.42 Å². The first-order chi connectivity index (χ1) is 6.76. The third-order valence-electron chi connectivity index (χ3n) is 1.83. The highest BCUT2D eigenvalue weighted by atomic mass is 32.2.